The summed E-state index contributed by atoms with van der Waals surface area (Å²) in [5.41, 5.74) is 2.73. The number of nitrogens with two attached hydrogens (primary N) is 1. The highest BCUT2D eigenvalue weighted by atomic mass is 19.4. The van der Waals surface area contributed by atoms with Crippen LogP contribution in [0.1, 0.15) is 24.4 Å². The Morgan fingerprint density at radius 2 is 1.74 bits per heavy atom. The molecule has 1 unspecified atom stereocenters. The molecule has 0 heterocycles. The van der Waals surface area contributed by atoms with Gasteiger partial charge in [-0.3, -0.25) is 11.3 Å². The summed E-state index contributed by atoms with van der Waals surface area (Å²) in [4.78, 5) is 0. The molecule has 0 bridgehead atoms. The third kappa shape index (κ3) is 5.84. The lowest BCUT2D eigenvalue weighted by atomic mass is 10.0. The Bertz CT molecular complexity index is 380. The van der Waals surface area contributed by atoms with Gasteiger partial charge >= 0.3 is 12.8 Å². The first-order chi connectivity index (χ1) is 8.81. The Labute approximate surface area is 106 Å². The number of rotatable bonds is 6. The highest BCUT2D eigenvalue weighted by Crippen LogP contribution is 2.28. The SMILES string of the molecule is NNC(CCC(F)(F)F)c1ccc(OC(F)F)cc1. The number of hydrazine groups is 1. The minimum absolute atomic E-state index is 0.0645. The average molecular weight is 284 g/mol. The second-order valence-electron chi connectivity index (χ2n) is 3.82. The second kappa shape index (κ2) is 6.67. The zero-order valence-corrected chi connectivity index (χ0v) is 9.75. The summed E-state index contributed by atoms with van der Waals surface area (Å²) in [7, 11) is 0. The van der Waals surface area contributed by atoms with Crippen LogP contribution in [0.2, 0.25) is 0 Å². The Hall–Kier alpha value is -1.41. The van der Waals surface area contributed by atoms with Crippen molar-refractivity contribution in [1.29, 1.82) is 0 Å². The summed E-state index contributed by atoms with van der Waals surface area (Å²) in [6, 6.07) is 4.57. The van der Waals surface area contributed by atoms with Gasteiger partial charge in [-0.15, -0.1) is 0 Å². The van der Waals surface area contributed by atoms with Crippen LogP contribution in [0.15, 0.2) is 24.3 Å². The summed E-state index contributed by atoms with van der Waals surface area (Å²) < 4.78 is 64.3. The van der Waals surface area contributed by atoms with Crippen molar-refractivity contribution in [2.75, 3.05) is 0 Å². The van der Waals surface area contributed by atoms with Crippen molar-refractivity contribution in [3.05, 3.63) is 29.8 Å². The van der Waals surface area contributed by atoms with E-state index in [0.717, 1.165) is 0 Å². The summed E-state index contributed by atoms with van der Waals surface area (Å²) >= 11 is 0. The molecule has 0 aliphatic carbocycles. The highest BCUT2D eigenvalue weighted by molar-refractivity contribution is 5.29. The van der Waals surface area contributed by atoms with E-state index >= 15 is 0 Å². The zero-order valence-electron chi connectivity index (χ0n) is 9.75. The third-order valence-electron chi connectivity index (χ3n) is 2.43. The minimum atomic E-state index is -4.27. The van der Waals surface area contributed by atoms with E-state index in [1.807, 2.05) is 0 Å². The summed E-state index contributed by atoms with van der Waals surface area (Å²) in [6.07, 6.45) is -5.50. The van der Waals surface area contributed by atoms with Gasteiger partial charge in [0.25, 0.3) is 0 Å². The van der Waals surface area contributed by atoms with Crippen LogP contribution in [-0.2, 0) is 0 Å². The molecule has 0 aliphatic heterocycles. The van der Waals surface area contributed by atoms with E-state index in [4.69, 9.17) is 5.84 Å². The van der Waals surface area contributed by atoms with E-state index in [9.17, 15) is 22.0 Å². The van der Waals surface area contributed by atoms with Crippen molar-refractivity contribution >= 4 is 0 Å². The molecule has 0 aliphatic rings. The molecule has 0 saturated heterocycles. The van der Waals surface area contributed by atoms with Crippen molar-refractivity contribution in [3.8, 4) is 5.75 Å². The van der Waals surface area contributed by atoms with Crippen LogP contribution >= 0.6 is 0 Å². The predicted molar refractivity (Wildman–Crippen MR) is 58.4 cm³/mol. The largest absolute Gasteiger partial charge is 0.435 e. The van der Waals surface area contributed by atoms with Crippen molar-refractivity contribution in [2.24, 2.45) is 5.84 Å². The number of hydrogen-bond acceptors (Lipinski definition) is 3. The van der Waals surface area contributed by atoms with E-state index in [2.05, 4.69) is 10.2 Å². The summed E-state index contributed by atoms with van der Waals surface area (Å²) in [6.45, 7) is -2.94. The molecule has 0 saturated carbocycles. The van der Waals surface area contributed by atoms with E-state index < -0.39 is 25.3 Å². The molecule has 3 N–H and O–H groups in total. The van der Waals surface area contributed by atoms with E-state index in [0.29, 0.717) is 5.56 Å². The topological polar surface area (TPSA) is 47.3 Å². The molecule has 0 radical (unpaired) electrons. The fourth-order valence-electron chi connectivity index (χ4n) is 1.54. The number of halogens is 5. The van der Waals surface area contributed by atoms with Crippen LogP contribution < -0.4 is 16.0 Å². The molecule has 1 rings (SSSR count). The molecule has 3 nitrogen and oxygen atoms in total. The van der Waals surface area contributed by atoms with Crippen LogP contribution in [0.25, 0.3) is 0 Å². The first kappa shape index (κ1) is 15.6. The molecule has 0 fully saturated rings. The van der Waals surface area contributed by atoms with Crippen LogP contribution in [-0.4, -0.2) is 12.8 Å². The standard InChI is InChI=1S/C11H13F5N2O/c12-10(13)19-8-3-1-7(2-4-8)9(18-17)5-6-11(14,15)16/h1-4,9-10,18H,5-6,17H2. The maximum absolute atomic E-state index is 12.1. The number of ether oxygens (including phenoxy) is 1. The minimum Gasteiger partial charge on any atom is -0.435 e. The van der Waals surface area contributed by atoms with Gasteiger partial charge in [-0.1, -0.05) is 12.1 Å². The Kier molecular flexibility index (Phi) is 5.49. The maximum atomic E-state index is 12.1. The summed E-state index contributed by atoms with van der Waals surface area (Å²) in [5.74, 6) is 5.12. The van der Waals surface area contributed by atoms with Crippen LogP contribution in [0, 0.1) is 0 Å². The van der Waals surface area contributed by atoms with Gasteiger partial charge in [0.05, 0.1) is 0 Å². The molecule has 8 heteroatoms. The van der Waals surface area contributed by atoms with Crippen LogP contribution in [0.4, 0.5) is 22.0 Å². The fourth-order valence-corrected chi connectivity index (χ4v) is 1.54. The first-order valence-corrected chi connectivity index (χ1v) is 5.39. The van der Waals surface area contributed by atoms with Crippen molar-refractivity contribution in [3.63, 3.8) is 0 Å². The van der Waals surface area contributed by atoms with Gasteiger partial charge in [0.15, 0.2) is 0 Å². The van der Waals surface area contributed by atoms with Gasteiger partial charge in [-0.25, -0.2) is 0 Å². The molecule has 1 atom stereocenters. The lowest BCUT2D eigenvalue weighted by Crippen LogP contribution is -2.29. The number of hydrogen-bond donors (Lipinski definition) is 2. The Morgan fingerprint density at radius 1 is 1.16 bits per heavy atom. The van der Waals surface area contributed by atoms with Crippen LogP contribution in [0.5, 0.6) is 5.75 Å². The summed E-state index contributed by atoms with van der Waals surface area (Å²) in [5, 5.41) is 0. The highest BCUT2D eigenvalue weighted by Gasteiger charge is 2.28. The molecule has 1 aromatic carbocycles. The molecular weight excluding hydrogens is 271 g/mol. The van der Waals surface area contributed by atoms with Gasteiger partial charge in [0.1, 0.15) is 5.75 Å². The molecule has 0 aromatic heterocycles. The lowest BCUT2D eigenvalue weighted by Gasteiger charge is -2.17. The number of alkyl halides is 5. The van der Waals surface area contributed by atoms with Gasteiger partial charge in [-0.2, -0.15) is 22.0 Å². The van der Waals surface area contributed by atoms with Crippen molar-refractivity contribution in [1.82, 2.24) is 5.43 Å². The van der Waals surface area contributed by atoms with Crippen molar-refractivity contribution in [2.45, 2.75) is 31.7 Å². The number of benzene rings is 1. The Balaban J connectivity index is 2.66. The molecule has 19 heavy (non-hydrogen) atoms. The quantitative estimate of drug-likeness (QED) is 0.479. The van der Waals surface area contributed by atoms with Crippen LogP contribution in [0.3, 0.4) is 0 Å². The second-order valence-corrected chi connectivity index (χ2v) is 3.82. The zero-order chi connectivity index (χ0) is 14.5. The third-order valence-corrected chi connectivity index (χ3v) is 2.43. The lowest BCUT2D eigenvalue weighted by molar-refractivity contribution is -0.136. The van der Waals surface area contributed by atoms with Gasteiger partial charge in [0, 0.05) is 12.5 Å². The van der Waals surface area contributed by atoms with E-state index in [1.54, 1.807) is 0 Å². The van der Waals surface area contributed by atoms with Gasteiger partial charge in [-0.05, 0) is 24.1 Å². The molecule has 108 valence electrons. The Morgan fingerprint density at radius 3 is 2.16 bits per heavy atom. The smallest absolute Gasteiger partial charge is 0.389 e. The van der Waals surface area contributed by atoms with E-state index in [-0.39, 0.29) is 12.2 Å². The normalized spacial score (nSPS) is 13.6. The van der Waals surface area contributed by atoms with Gasteiger partial charge in [0.2, 0.25) is 0 Å². The fraction of sp³-hybridized carbons (Fsp3) is 0.455. The molecule has 1 aromatic rings. The predicted octanol–water partition coefficient (Wildman–Crippen LogP) is 3.13. The first-order valence-electron chi connectivity index (χ1n) is 5.39. The monoisotopic (exact) mass is 284 g/mol. The van der Waals surface area contributed by atoms with Gasteiger partial charge < -0.3 is 4.74 Å². The number of nitrogens with one attached hydrogen (secondary N) is 1. The average Bonchev–Trinajstić information content (AvgIpc) is 2.29. The maximum Gasteiger partial charge on any atom is 0.389 e. The molecule has 0 amide bonds. The molecular formula is C11H13F5N2O. The van der Waals surface area contributed by atoms with E-state index in [1.165, 1.54) is 24.3 Å². The molecule has 0 spiro atoms. The van der Waals surface area contributed by atoms with Crippen molar-refractivity contribution < 1.29 is 26.7 Å².